The highest BCUT2D eigenvalue weighted by Gasteiger charge is 2.10. The van der Waals surface area contributed by atoms with Crippen LogP contribution in [0.2, 0.25) is 0 Å². The molecule has 100 valence electrons. The normalized spacial score (nSPS) is 12.2. The van der Waals surface area contributed by atoms with Gasteiger partial charge in [0.05, 0.1) is 6.61 Å². The van der Waals surface area contributed by atoms with Gasteiger partial charge in [0, 0.05) is 12.5 Å². The van der Waals surface area contributed by atoms with Crippen LogP contribution >= 0.6 is 0 Å². The van der Waals surface area contributed by atoms with Crippen LogP contribution < -0.4 is 10.1 Å². The summed E-state index contributed by atoms with van der Waals surface area (Å²) in [5.41, 5.74) is 0. The minimum atomic E-state index is 0.105. The number of ether oxygens (including phenoxy) is 1. The lowest BCUT2D eigenvalue weighted by Gasteiger charge is -2.17. The van der Waals surface area contributed by atoms with Gasteiger partial charge in [-0.3, -0.25) is 4.79 Å². The average molecular weight is 249 g/mol. The number of hydrogen-bond donors (Lipinski definition) is 1. The maximum atomic E-state index is 11.6. The molecular weight excluding hydrogens is 226 g/mol. The van der Waals surface area contributed by atoms with Gasteiger partial charge < -0.3 is 10.1 Å². The van der Waals surface area contributed by atoms with Crippen LogP contribution in [0, 0.1) is 5.92 Å². The van der Waals surface area contributed by atoms with E-state index in [-0.39, 0.29) is 11.9 Å². The van der Waals surface area contributed by atoms with Gasteiger partial charge in [-0.05, 0) is 31.4 Å². The standard InChI is InChI=1S/C15H23NO2/c1-12(2)13(3)16-15(17)10-7-11-18-14-8-5-4-6-9-14/h4-6,8-9,12-13H,7,10-11H2,1-3H3,(H,16,17)/t13-/m0/s1. The number of amides is 1. The number of nitrogens with one attached hydrogen (secondary N) is 1. The Labute approximate surface area is 110 Å². The van der Waals surface area contributed by atoms with Gasteiger partial charge in [-0.2, -0.15) is 0 Å². The number of carbonyl (C=O) groups is 1. The maximum absolute atomic E-state index is 11.6. The number of carbonyl (C=O) groups excluding carboxylic acids is 1. The molecule has 0 bridgehead atoms. The number of benzene rings is 1. The van der Waals surface area contributed by atoms with Gasteiger partial charge in [0.15, 0.2) is 0 Å². The SMILES string of the molecule is CC(C)[C@H](C)NC(=O)CCCOc1ccccc1. The Kier molecular flexibility index (Phi) is 6.26. The van der Waals surface area contributed by atoms with Crippen molar-refractivity contribution in [2.75, 3.05) is 6.61 Å². The van der Waals surface area contributed by atoms with Crippen LogP contribution in [0.3, 0.4) is 0 Å². The van der Waals surface area contributed by atoms with Crippen molar-refractivity contribution in [1.82, 2.24) is 5.32 Å². The molecule has 1 aromatic carbocycles. The van der Waals surface area contributed by atoms with Gasteiger partial charge >= 0.3 is 0 Å². The molecule has 0 heterocycles. The summed E-state index contributed by atoms with van der Waals surface area (Å²) in [5, 5.41) is 2.98. The summed E-state index contributed by atoms with van der Waals surface area (Å²) in [6, 6.07) is 9.89. The fourth-order valence-corrected chi connectivity index (χ4v) is 1.43. The Balaban J connectivity index is 2.13. The molecule has 0 unspecified atom stereocenters. The molecule has 3 heteroatoms. The molecule has 0 saturated heterocycles. The Morgan fingerprint density at radius 1 is 1.22 bits per heavy atom. The van der Waals surface area contributed by atoms with E-state index in [1.165, 1.54) is 0 Å². The molecule has 1 atom stereocenters. The lowest BCUT2D eigenvalue weighted by Crippen LogP contribution is -2.36. The van der Waals surface area contributed by atoms with E-state index in [1.807, 2.05) is 37.3 Å². The van der Waals surface area contributed by atoms with Gasteiger partial charge in [0.25, 0.3) is 0 Å². The zero-order valence-electron chi connectivity index (χ0n) is 11.5. The van der Waals surface area contributed by atoms with Gasteiger partial charge in [-0.1, -0.05) is 32.0 Å². The van der Waals surface area contributed by atoms with E-state index >= 15 is 0 Å². The third kappa shape index (κ3) is 5.71. The number of hydrogen-bond acceptors (Lipinski definition) is 2. The maximum Gasteiger partial charge on any atom is 0.220 e. The van der Waals surface area contributed by atoms with Crippen LogP contribution in [0.5, 0.6) is 5.75 Å². The van der Waals surface area contributed by atoms with Crippen molar-refractivity contribution in [3.8, 4) is 5.75 Å². The van der Waals surface area contributed by atoms with Crippen LogP contribution in [0.4, 0.5) is 0 Å². The van der Waals surface area contributed by atoms with Crippen molar-refractivity contribution in [2.24, 2.45) is 5.92 Å². The highest BCUT2D eigenvalue weighted by molar-refractivity contribution is 5.76. The molecule has 0 aliphatic heterocycles. The lowest BCUT2D eigenvalue weighted by atomic mass is 10.1. The molecule has 1 N–H and O–H groups in total. The van der Waals surface area contributed by atoms with Gasteiger partial charge in [0.1, 0.15) is 5.75 Å². The molecule has 1 amide bonds. The van der Waals surface area contributed by atoms with Crippen LogP contribution in [0.25, 0.3) is 0 Å². The highest BCUT2D eigenvalue weighted by atomic mass is 16.5. The first-order valence-corrected chi connectivity index (χ1v) is 6.57. The second-order valence-corrected chi connectivity index (χ2v) is 4.87. The first-order valence-electron chi connectivity index (χ1n) is 6.57. The molecule has 0 spiro atoms. The van der Waals surface area contributed by atoms with Crippen molar-refractivity contribution >= 4 is 5.91 Å². The Bertz CT molecular complexity index is 349. The number of para-hydroxylation sites is 1. The molecule has 0 aromatic heterocycles. The quantitative estimate of drug-likeness (QED) is 0.754. The first kappa shape index (κ1) is 14.6. The van der Waals surface area contributed by atoms with Crippen molar-refractivity contribution < 1.29 is 9.53 Å². The Hall–Kier alpha value is -1.51. The minimum Gasteiger partial charge on any atom is -0.494 e. The molecule has 1 aromatic rings. The topological polar surface area (TPSA) is 38.3 Å². The van der Waals surface area contributed by atoms with Crippen LogP contribution in [-0.2, 0) is 4.79 Å². The first-order chi connectivity index (χ1) is 8.59. The predicted molar refractivity (Wildman–Crippen MR) is 73.6 cm³/mol. The van der Waals surface area contributed by atoms with E-state index < -0.39 is 0 Å². The van der Waals surface area contributed by atoms with E-state index in [2.05, 4.69) is 19.2 Å². The molecule has 18 heavy (non-hydrogen) atoms. The third-order valence-corrected chi connectivity index (χ3v) is 2.95. The van der Waals surface area contributed by atoms with Crippen molar-refractivity contribution in [3.63, 3.8) is 0 Å². The molecule has 0 fully saturated rings. The molecule has 0 aliphatic rings. The van der Waals surface area contributed by atoms with Crippen LogP contribution in [0.15, 0.2) is 30.3 Å². The molecule has 0 radical (unpaired) electrons. The largest absolute Gasteiger partial charge is 0.494 e. The van der Waals surface area contributed by atoms with E-state index in [0.717, 1.165) is 12.2 Å². The van der Waals surface area contributed by atoms with Gasteiger partial charge in [-0.25, -0.2) is 0 Å². The zero-order chi connectivity index (χ0) is 13.4. The second kappa shape index (κ2) is 7.75. The van der Waals surface area contributed by atoms with Crippen LogP contribution in [0.1, 0.15) is 33.6 Å². The summed E-state index contributed by atoms with van der Waals surface area (Å²) >= 11 is 0. The summed E-state index contributed by atoms with van der Waals surface area (Å²) in [7, 11) is 0. The zero-order valence-corrected chi connectivity index (χ0v) is 11.5. The molecule has 0 saturated carbocycles. The lowest BCUT2D eigenvalue weighted by molar-refractivity contribution is -0.122. The van der Waals surface area contributed by atoms with Crippen molar-refractivity contribution in [1.29, 1.82) is 0 Å². The van der Waals surface area contributed by atoms with Gasteiger partial charge in [-0.15, -0.1) is 0 Å². The summed E-state index contributed by atoms with van der Waals surface area (Å²) in [6.45, 7) is 6.81. The van der Waals surface area contributed by atoms with E-state index in [4.69, 9.17) is 4.74 Å². The van der Waals surface area contributed by atoms with E-state index in [0.29, 0.717) is 18.9 Å². The summed E-state index contributed by atoms with van der Waals surface area (Å²) in [4.78, 5) is 11.6. The monoisotopic (exact) mass is 249 g/mol. The van der Waals surface area contributed by atoms with Crippen molar-refractivity contribution in [3.05, 3.63) is 30.3 Å². The smallest absolute Gasteiger partial charge is 0.220 e. The fraction of sp³-hybridized carbons (Fsp3) is 0.533. The fourth-order valence-electron chi connectivity index (χ4n) is 1.43. The molecule has 3 nitrogen and oxygen atoms in total. The van der Waals surface area contributed by atoms with E-state index in [1.54, 1.807) is 0 Å². The second-order valence-electron chi connectivity index (χ2n) is 4.87. The Morgan fingerprint density at radius 2 is 1.89 bits per heavy atom. The average Bonchev–Trinajstić information content (AvgIpc) is 2.35. The molecular formula is C15H23NO2. The predicted octanol–water partition coefficient (Wildman–Crippen LogP) is 3.01. The Morgan fingerprint density at radius 3 is 2.50 bits per heavy atom. The summed E-state index contributed by atoms with van der Waals surface area (Å²) < 4.78 is 5.53. The summed E-state index contributed by atoms with van der Waals surface area (Å²) in [5.74, 6) is 1.43. The minimum absolute atomic E-state index is 0.105. The van der Waals surface area contributed by atoms with Crippen molar-refractivity contribution in [2.45, 2.75) is 39.7 Å². The highest BCUT2D eigenvalue weighted by Crippen LogP contribution is 2.09. The van der Waals surface area contributed by atoms with Crippen LogP contribution in [-0.4, -0.2) is 18.6 Å². The molecule has 1 rings (SSSR count). The van der Waals surface area contributed by atoms with E-state index in [9.17, 15) is 4.79 Å². The van der Waals surface area contributed by atoms with Gasteiger partial charge in [0.2, 0.25) is 5.91 Å². The summed E-state index contributed by atoms with van der Waals surface area (Å²) in [6.07, 6.45) is 1.26. The third-order valence-electron chi connectivity index (χ3n) is 2.95. The number of rotatable bonds is 7. The molecule has 0 aliphatic carbocycles.